The van der Waals surface area contributed by atoms with Crippen LogP contribution in [0.15, 0.2) is 30.5 Å². The first kappa shape index (κ1) is 18.2. The van der Waals surface area contributed by atoms with E-state index >= 15 is 0 Å². The summed E-state index contributed by atoms with van der Waals surface area (Å²) in [5.74, 6) is 0.933. The zero-order chi connectivity index (χ0) is 18.2. The van der Waals surface area contributed by atoms with Gasteiger partial charge in [-0.05, 0) is 29.0 Å². The van der Waals surface area contributed by atoms with Crippen LogP contribution in [-0.2, 0) is 17.8 Å². The van der Waals surface area contributed by atoms with E-state index in [2.05, 4.69) is 10.4 Å². The predicted octanol–water partition coefficient (Wildman–Crippen LogP) is 1.56. The van der Waals surface area contributed by atoms with E-state index in [1.807, 2.05) is 18.2 Å². The Kier molecular flexibility index (Phi) is 6.33. The summed E-state index contributed by atoms with van der Waals surface area (Å²) in [5.41, 5.74) is 1.01. The van der Waals surface area contributed by atoms with Crippen molar-refractivity contribution in [2.24, 2.45) is 0 Å². The fraction of sp³-hybridized carbons (Fsp3) is 0.375. The van der Waals surface area contributed by atoms with Crippen LogP contribution in [0.5, 0.6) is 11.5 Å². The monoisotopic (exact) mass is 348 g/mol. The number of carbonyl (C=O) groups excluding carboxylic acids is 1. The molecule has 0 aliphatic heterocycles. The molecule has 0 aliphatic carbocycles. The molecule has 0 saturated carbocycles. The van der Waals surface area contributed by atoms with Gasteiger partial charge in [-0.15, -0.1) is 0 Å². The largest absolute Gasteiger partial charge is 0.493 e. The van der Waals surface area contributed by atoms with Gasteiger partial charge in [0.05, 0.1) is 38.1 Å². The second kappa shape index (κ2) is 8.67. The highest BCUT2D eigenvalue weighted by Gasteiger charge is 2.11. The van der Waals surface area contributed by atoms with Crippen LogP contribution in [0, 0.1) is 10.1 Å². The molecule has 0 bridgehead atoms. The lowest BCUT2D eigenvalue weighted by molar-refractivity contribution is -0.389. The number of nitrogens with one attached hydrogen (secondary N) is 1. The van der Waals surface area contributed by atoms with Crippen LogP contribution in [-0.4, -0.2) is 41.4 Å². The van der Waals surface area contributed by atoms with Crippen LogP contribution in [0.25, 0.3) is 0 Å². The molecule has 1 amide bonds. The Hall–Kier alpha value is -3.10. The van der Waals surface area contributed by atoms with Crippen molar-refractivity contribution in [1.82, 2.24) is 15.1 Å². The predicted molar refractivity (Wildman–Crippen MR) is 89.8 cm³/mol. The fourth-order valence-corrected chi connectivity index (χ4v) is 2.26. The number of aromatic nitrogens is 2. The lowest BCUT2D eigenvalue weighted by Crippen LogP contribution is -2.26. The Balaban J connectivity index is 1.75. The maximum absolute atomic E-state index is 11.8. The van der Waals surface area contributed by atoms with Crippen LogP contribution in [0.4, 0.5) is 5.82 Å². The third kappa shape index (κ3) is 5.20. The Morgan fingerprint density at radius 2 is 2.04 bits per heavy atom. The molecular formula is C16H20N4O5. The van der Waals surface area contributed by atoms with E-state index in [9.17, 15) is 14.9 Å². The number of ether oxygens (including phenoxy) is 2. The minimum absolute atomic E-state index is 0.140. The molecule has 2 aromatic rings. The number of nitrogens with zero attached hydrogens (tertiary/aromatic N) is 3. The zero-order valence-electron chi connectivity index (χ0n) is 14.1. The fourth-order valence-electron chi connectivity index (χ4n) is 2.26. The highest BCUT2D eigenvalue weighted by molar-refractivity contribution is 5.75. The summed E-state index contributed by atoms with van der Waals surface area (Å²) in [6.07, 6.45) is 2.33. The van der Waals surface area contributed by atoms with Gasteiger partial charge in [0.1, 0.15) is 0 Å². The quantitative estimate of drug-likeness (QED) is 0.544. The number of nitro groups is 1. The third-order valence-electron chi connectivity index (χ3n) is 3.57. The molecule has 0 unspecified atom stereocenters. The smallest absolute Gasteiger partial charge is 0.389 e. The molecule has 0 fully saturated rings. The normalized spacial score (nSPS) is 10.3. The zero-order valence-corrected chi connectivity index (χ0v) is 14.1. The van der Waals surface area contributed by atoms with Gasteiger partial charge in [-0.25, -0.2) is 0 Å². The molecule has 0 atom stereocenters. The number of hydrogen-bond acceptors (Lipinski definition) is 6. The molecule has 1 aromatic heterocycles. The average Bonchev–Trinajstić information content (AvgIpc) is 3.09. The molecule has 25 heavy (non-hydrogen) atoms. The number of carbonyl (C=O) groups is 1. The van der Waals surface area contributed by atoms with E-state index in [0.717, 1.165) is 5.56 Å². The van der Waals surface area contributed by atoms with Gasteiger partial charge < -0.3 is 24.9 Å². The molecule has 134 valence electrons. The van der Waals surface area contributed by atoms with Crippen LogP contribution < -0.4 is 14.8 Å². The molecule has 0 saturated heterocycles. The molecular weight excluding hydrogens is 328 g/mol. The Bertz CT molecular complexity index is 744. The van der Waals surface area contributed by atoms with Crippen molar-refractivity contribution in [2.75, 3.05) is 20.8 Å². The third-order valence-corrected chi connectivity index (χ3v) is 3.57. The highest BCUT2D eigenvalue weighted by atomic mass is 16.6. The topological polar surface area (TPSA) is 109 Å². The lowest BCUT2D eigenvalue weighted by atomic mass is 10.1. The van der Waals surface area contributed by atoms with Crippen LogP contribution >= 0.6 is 0 Å². The van der Waals surface area contributed by atoms with Crippen molar-refractivity contribution < 1.29 is 19.2 Å². The van der Waals surface area contributed by atoms with E-state index in [4.69, 9.17) is 9.47 Å². The molecule has 9 heteroatoms. The Labute approximate surface area is 144 Å². The van der Waals surface area contributed by atoms with Gasteiger partial charge in [-0.1, -0.05) is 6.07 Å². The van der Waals surface area contributed by atoms with Crippen molar-refractivity contribution in [3.8, 4) is 11.5 Å². The SMILES string of the molecule is COc1ccc(CCNC(=O)CCn2ccc([N+](=O)[O-])n2)cc1OC. The Morgan fingerprint density at radius 3 is 2.68 bits per heavy atom. The van der Waals surface area contributed by atoms with Crippen molar-refractivity contribution >= 4 is 11.7 Å². The molecule has 0 radical (unpaired) electrons. The maximum Gasteiger partial charge on any atom is 0.389 e. The minimum atomic E-state index is -0.570. The molecule has 2 rings (SSSR count). The number of hydrogen-bond donors (Lipinski definition) is 1. The van der Waals surface area contributed by atoms with Gasteiger partial charge in [0.15, 0.2) is 11.5 Å². The first-order valence-corrected chi connectivity index (χ1v) is 7.69. The van der Waals surface area contributed by atoms with Gasteiger partial charge >= 0.3 is 5.82 Å². The number of rotatable bonds is 9. The highest BCUT2D eigenvalue weighted by Crippen LogP contribution is 2.27. The molecule has 1 N–H and O–H groups in total. The van der Waals surface area contributed by atoms with Crippen molar-refractivity contribution in [3.63, 3.8) is 0 Å². The van der Waals surface area contributed by atoms with Crippen LogP contribution in [0.1, 0.15) is 12.0 Å². The molecule has 9 nitrogen and oxygen atoms in total. The number of amides is 1. The molecule has 0 aliphatic rings. The molecule has 1 heterocycles. The first-order valence-electron chi connectivity index (χ1n) is 7.69. The summed E-state index contributed by atoms with van der Waals surface area (Å²) in [7, 11) is 3.15. The average molecular weight is 348 g/mol. The lowest BCUT2D eigenvalue weighted by Gasteiger charge is -2.10. The summed E-state index contributed by atoms with van der Waals surface area (Å²) in [5, 5.41) is 17.1. The van der Waals surface area contributed by atoms with Crippen LogP contribution in [0.3, 0.4) is 0 Å². The van der Waals surface area contributed by atoms with Crippen molar-refractivity contribution in [2.45, 2.75) is 19.4 Å². The Morgan fingerprint density at radius 1 is 1.28 bits per heavy atom. The van der Waals surface area contributed by atoms with Crippen molar-refractivity contribution in [1.29, 1.82) is 0 Å². The van der Waals surface area contributed by atoms with E-state index in [-0.39, 0.29) is 24.7 Å². The second-order valence-corrected chi connectivity index (χ2v) is 5.23. The van der Waals surface area contributed by atoms with E-state index in [1.165, 1.54) is 16.9 Å². The van der Waals surface area contributed by atoms with Gasteiger partial charge in [0, 0.05) is 13.0 Å². The number of aryl methyl sites for hydroxylation is 1. The van der Waals surface area contributed by atoms with Gasteiger partial charge in [0.2, 0.25) is 5.91 Å². The molecule has 1 aromatic carbocycles. The summed E-state index contributed by atoms with van der Waals surface area (Å²) >= 11 is 0. The van der Waals surface area contributed by atoms with E-state index < -0.39 is 4.92 Å². The van der Waals surface area contributed by atoms with Gasteiger partial charge in [-0.3, -0.25) is 4.79 Å². The number of benzene rings is 1. The van der Waals surface area contributed by atoms with E-state index in [1.54, 1.807) is 14.2 Å². The first-order chi connectivity index (χ1) is 12.0. The summed E-state index contributed by atoms with van der Waals surface area (Å²) < 4.78 is 11.8. The maximum atomic E-state index is 11.8. The summed E-state index contributed by atoms with van der Waals surface area (Å²) in [6.45, 7) is 0.767. The van der Waals surface area contributed by atoms with Gasteiger partial charge in [0.25, 0.3) is 0 Å². The van der Waals surface area contributed by atoms with Crippen molar-refractivity contribution in [3.05, 3.63) is 46.1 Å². The van der Waals surface area contributed by atoms with Crippen LogP contribution in [0.2, 0.25) is 0 Å². The summed E-state index contributed by atoms with van der Waals surface area (Å²) in [6, 6.07) is 6.90. The standard InChI is InChI=1S/C16H20N4O5/c1-24-13-4-3-12(11-14(13)25-2)5-8-17-16(21)7-10-19-9-6-15(18-19)20(22)23/h3-4,6,9,11H,5,7-8,10H2,1-2H3,(H,17,21). The number of methoxy groups -OCH3 is 2. The van der Waals surface area contributed by atoms with E-state index in [0.29, 0.717) is 24.5 Å². The summed E-state index contributed by atoms with van der Waals surface area (Å²) in [4.78, 5) is 21.8. The minimum Gasteiger partial charge on any atom is -0.493 e. The molecule has 0 spiro atoms. The second-order valence-electron chi connectivity index (χ2n) is 5.23. The van der Waals surface area contributed by atoms with Gasteiger partial charge in [-0.2, -0.15) is 4.68 Å².